The van der Waals surface area contributed by atoms with Crippen molar-refractivity contribution in [2.24, 2.45) is 0 Å². The SMILES string of the molecule is CSc1ncc2cc(N3CCN(C(=O)OCc4ccccc4)c4c(C)cccc43)c(=O)n(CCOCCO)c2n1. The van der Waals surface area contributed by atoms with Gasteiger partial charge >= 0.3 is 6.09 Å². The van der Waals surface area contributed by atoms with Crippen molar-refractivity contribution in [1.82, 2.24) is 14.5 Å². The van der Waals surface area contributed by atoms with E-state index in [4.69, 9.17) is 14.6 Å². The number of anilines is 3. The number of aromatic nitrogens is 3. The molecular weight excluding hydrogens is 530 g/mol. The number of para-hydroxylation sites is 1. The number of nitrogens with zero attached hydrogens (tertiary/aromatic N) is 5. The lowest BCUT2D eigenvalue weighted by molar-refractivity contribution is 0.0870. The van der Waals surface area contributed by atoms with Crippen molar-refractivity contribution >= 4 is 46.0 Å². The summed E-state index contributed by atoms with van der Waals surface area (Å²) in [6, 6.07) is 17.1. The molecule has 2 aromatic heterocycles. The molecule has 2 aromatic carbocycles. The van der Waals surface area contributed by atoms with Gasteiger partial charge in [0.25, 0.3) is 5.56 Å². The summed E-state index contributed by atoms with van der Waals surface area (Å²) in [5, 5.41) is 10.4. The van der Waals surface area contributed by atoms with Crippen LogP contribution in [0.1, 0.15) is 11.1 Å². The summed E-state index contributed by atoms with van der Waals surface area (Å²) in [5.74, 6) is 0. The average Bonchev–Trinajstić information content (AvgIpc) is 2.99. The van der Waals surface area contributed by atoms with Gasteiger partial charge < -0.3 is 19.5 Å². The third kappa shape index (κ3) is 5.67. The van der Waals surface area contributed by atoms with Gasteiger partial charge in [-0.1, -0.05) is 54.2 Å². The Morgan fingerprint density at radius 3 is 2.67 bits per heavy atom. The molecule has 5 rings (SSSR count). The normalized spacial score (nSPS) is 13.0. The van der Waals surface area contributed by atoms with Crippen LogP contribution in [0.25, 0.3) is 11.0 Å². The van der Waals surface area contributed by atoms with E-state index in [0.29, 0.717) is 40.7 Å². The molecule has 0 atom stereocenters. The highest BCUT2D eigenvalue weighted by atomic mass is 32.2. The number of hydrogen-bond donors (Lipinski definition) is 1. The van der Waals surface area contributed by atoms with Crippen LogP contribution < -0.4 is 15.4 Å². The highest BCUT2D eigenvalue weighted by Crippen LogP contribution is 2.40. The second-order valence-corrected chi connectivity index (χ2v) is 10.0. The maximum absolute atomic E-state index is 14.0. The number of aryl methyl sites for hydroxylation is 1. The number of ether oxygens (including phenoxy) is 2. The molecule has 1 aliphatic rings. The quantitative estimate of drug-likeness (QED) is 0.183. The van der Waals surface area contributed by atoms with Crippen LogP contribution in [0, 0.1) is 6.92 Å². The highest BCUT2D eigenvalue weighted by Gasteiger charge is 2.31. The Labute approximate surface area is 236 Å². The molecule has 1 N–H and O–H groups in total. The second-order valence-electron chi connectivity index (χ2n) is 9.24. The smallest absolute Gasteiger partial charge is 0.414 e. The predicted octanol–water partition coefficient (Wildman–Crippen LogP) is 4.13. The minimum absolute atomic E-state index is 0.0946. The third-order valence-electron chi connectivity index (χ3n) is 6.70. The Morgan fingerprint density at radius 2 is 1.90 bits per heavy atom. The standard InChI is InChI=1S/C29H31N5O5S/c1-20-7-6-10-23-25(20)33(29(37)39-19-21-8-4-3-5-9-21)12-11-32(23)24-17-22-18-30-28(40-2)31-26(22)34(27(24)36)13-15-38-16-14-35/h3-10,17-18,35H,11-16,19H2,1-2H3. The number of carbonyl (C=O) groups excluding carboxylic acids is 1. The summed E-state index contributed by atoms with van der Waals surface area (Å²) in [4.78, 5) is 39.8. The van der Waals surface area contributed by atoms with E-state index in [2.05, 4.69) is 9.97 Å². The first-order chi connectivity index (χ1) is 19.5. The molecular formula is C29H31N5O5S. The molecule has 0 bridgehead atoms. The minimum Gasteiger partial charge on any atom is -0.444 e. The monoisotopic (exact) mass is 561 g/mol. The van der Waals surface area contributed by atoms with Gasteiger partial charge in [0.05, 0.1) is 37.7 Å². The van der Waals surface area contributed by atoms with Crippen LogP contribution in [-0.4, -0.2) is 64.9 Å². The molecule has 1 amide bonds. The zero-order valence-electron chi connectivity index (χ0n) is 22.4. The molecule has 40 heavy (non-hydrogen) atoms. The average molecular weight is 562 g/mol. The number of fused-ring (bicyclic) bond motifs is 2. The molecule has 11 heteroatoms. The summed E-state index contributed by atoms with van der Waals surface area (Å²) >= 11 is 1.40. The molecule has 0 saturated heterocycles. The zero-order valence-corrected chi connectivity index (χ0v) is 23.3. The fraction of sp³-hybridized carbons (Fsp3) is 0.310. The Balaban J connectivity index is 1.52. The number of aliphatic hydroxyl groups is 1. The Morgan fingerprint density at radius 1 is 1.07 bits per heavy atom. The molecule has 0 fully saturated rings. The van der Waals surface area contributed by atoms with Gasteiger partial charge in [-0.3, -0.25) is 14.3 Å². The summed E-state index contributed by atoms with van der Waals surface area (Å²) < 4.78 is 12.7. The van der Waals surface area contributed by atoms with Gasteiger partial charge in [-0.15, -0.1) is 0 Å². The van der Waals surface area contributed by atoms with E-state index in [-0.39, 0.29) is 38.5 Å². The number of benzene rings is 2. The van der Waals surface area contributed by atoms with Crippen molar-refractivity contribution in [2.75, 3.05) is 49.0 Å². The topological polar surface area (TPSA) is 110 Å². The number of rotatable bonds is 9. The van der Waals surface area contributed by atoms with Crippen LogP contribution in [0.3, 0.4) is 0 Å². The molecule has 0 radical (unpaired) electrons. The van der Waals surface area contributed by atoms with Gasteiger partial charge in [0.2, 0.25) is 0 Å². The lowest BCUT2D eigenvalue weighted by Gasteiger charge is -2.38. The van der Waals surface area contributed by atoms with Crippen LogP contribution in [-0.2, 0) is 22.6 Å². The minimum atomic E-state index is -0.436. The van der Waals surface area contributed by atoms with E-state index in [0.717, 1.165) is 16.8 Å². The van der Waals surface area contributed by atoms with Crippen molar-refractivity contribution < 1.29 is 19.4 Å². The number of hydrogen-bond acceptors (Lipinski definition) is 9. The van der Waals surface area contributed by atoms with Crippen LogP contribution in [0.2, 0.25) is 0 Å². The maximum Gasteiger partial charge on any atom is 0.414 e. The van der Waals surface area contributed by atoms with Crippen molar-refractivity contribution in [1.29, 1.82) is 0 Å². The van der Waals surface area contributed by atoms with Crippen LogP contribution >= 0.6 is 11.8 Å². The predicted molar refractivity (Wildman–Crippen MR) is 156 cm³/mol. The van der Waals surface area contributed by atoms with Crippen LogP contribution in [0.15, 0.2) is 70.7 Å². The fourth-order valence-electron chi connectivity index (χ4n) is 4.82. The number of aliphatic hydroxyl groups excluding tert-OH is 1. The van der Waals surface area contributed by atoms with Gasteiger partial charge in [-0.05, 0) is 36.4 Å². The van der Waals surface area contributed by atoms with Crippen molar-refractivity contribution in [3.8, 4) is 0 Å². The molecule has 0 saturated carbocycles. The van der Waals surface area contributed by atoms with E-state index in [1.165, 1.54) is 11.8 Å². The number of carbonyl (C=O) groups is 1. The number of thioether (sulfide) groups is 1. The Bertz CT molecular complexity index is 1560. The van der Waals surface area contributed by atoms with E-state index in [1.807, 2.05) is 72.7 Å². The molecule has 0 unspecified atom stereocenters. The van der Waals surface area contributed by atoms with Gasteiger partial charge in [-0.2, -0.15) is 0 Å². The van der Waals surface area contributed by atoms with E-state index >= 15 is 0 Å². The van der Waals surface area contributed by atoms with E-state index in [9.17, 15) is 9.59 Å². The molecule has 1 aliphatic heterocycles. The molecule has 0 spiro atoms. The molecule has 4 aromatic rings. The third-order valence-corrected chi connectivity index (χ3v) is 7.27. The summed E-state index contributed by atoms with van der Waals surface area (Å²) in [6.45, 7) is 3.44. The lowest BCUT2D eigenvalue weighted by atomic mass is 10.1. The number of pyridine rings is 1. The van der Waals surface area contributed by atoms with Crippen LogP contribution in [0.5, 0.6) is 0 Å². The van der Waals surface area contributed by atoms with Crippen molar-refractivity contribution in [3.63, 3.8) is 0 Å². The van der Waals surface area contributed by atoms with Crippen molar-refractivity contribution in [2.45, 2.75) is 25.2 Å². The summed E-state index contributed by atoms with van der Waals surface area (Å²) in [7, 11) is 0. The van der Waals surface area contributed by atoms with Crippen molar-refractivity contribution in [3.05, 3.63) is 82.3 Å². The largest absolute Gasteiger partial charge is 0.444 e. The lowest BCUT2D eigenvalue weighted by Crippen LogP contribution is -2.44. The molecule has 3 heterocycles. The van der Waals surface area contributed by atoms with Crippen LogP contribution in [0.4, 0.5) is 21.9 Å². The van der Waals surface area contributed by atoms with Gasteiger partial charge in [0, 0.05) is 24.7 Å². The first-order valence-corrected chi connectivity index (χ1v) is 14.2. The molecule has 10 nitrogen and oxygen atoms in total. The Kier molecular flexibility index (Phi) is 8.63. The zero-order chi connectivity index (χ0) is 28.1. The maximum atomic E-state index is 14.0. The van der Waals surface area contributed by atoms with Gasteiger partial charge in [0.1, 0.15) is 17.9 Å². The second kappa shape index (κ2) is 12.5. The Hall–Kier alpha value is -3.93. The first kappa shape index (κ1) is 27.6. The highest BCUT2D eigenvalue weighted by molar-refractivity contribution is 7.98. The fourth-order valence-corrected chi connectivity index (χ4v) is 5.16. The van der Waals surface area contributed by atoms with Gasteiger partial charge in [-0.25, -0.2) is 14.8 Å². The van der Waals surface area contributed by atoms with E-state index in [1.54, 1.807) is 15.7 Å². The molecule has 0 aliphatic carbocycles. The molecule has 208 valence electrons. The summed E-state index contributed by atoms with van der Waals surface area (Å²) in [5.41, 5.74) is 4.00. The van der Waals surface area contributed by atoms with E-state index < -0.39 is 6.09 Å². The van der Waals surface area contributed by atoms with Gasteiger partial charge in [0.15, 0.2) is 5.16 Å². The summed E-state index contributed by atoms with van der Waals surface area (Å²) in [6.07, 6.45) is 3.16. The first-order valence-electron chi connectivity index (χ1n) is 13.0. The number of amides is 1.